The lowest BCUT2D eigenvalue weighted by Gasteiger charge is -2.07. The van der Waals surface area contributed by atoms with Crippen molar-refractivity contribution in [3.05, 3.63) is 76.8 Å². The van der Waals surface area contributed by atoms with Gasteiger partial charge < -0.3 is 5.32 Å². The number of aryl methyl sites for hydroxylation is 1. The number of anilines is 1. The van der Waals surface area contributed by atoms with Crippen LogP contribution in [0.15, 0.2) is 65.7 Å². The molecule has 0 saturated heterocycles. The fourth-order valence-electron chi connectivity index (χ4n) is 2.09. The second-order valence-corrected chi connectivity index (χ2v) is 4.95. The topological polar surface area (TPSA) is 76.9 Å². The molecule has 3 rings (SSSR count). The van der Waals surface area contributed by atoms with Gasteiger partial charge in [0.2, 0.25) is 0 Å². The second-order valence-electron chi connectivity index (χ2n) is 4.95. The lowest BCUT2D eigenvalue weighted by molar-refractivity contribution is 0.102. The predicted octanol–water partition coefficient (Wildman–Crippen LogP) is 2.09. The van der Waals surface area contributed by atoms with Crippen LogP contribution < -0.4 is 10.9 Å². The van der Waals surface area contributed by atoms with Gasteiger partial charge in [-0.2, -0.15) is 5.10 Å². The third kappa shape index (κ3) is 3.32. The zero-order valence-corrected chi connectivity index (χ0v) is 12.4. The van der Waals surface area contributed by atoms with Crippen LogP contribution in [0, 0.1) is 0 Å². The summed E-state index contributed by atoms with van der Waals surface area (Å²) in [6.07, 6.45) is 3.15. The number of benzene rings is 1. The molecule has 114 valence electrons. The zero-order chi connectivity index (χ0) is 16.2. The van der Waals surface area contributed by atoms with Gasteiger partial charge in [0.1, 0.15) is 0 Å². The monoisotopic (exact) mass is 306 g/mol. The van der Waals surface area contributed by atoms with E-state index in [0.29, 0.717) is 16.9 Å². The number of hydrogen-bond donors (Lipinski definition) is 1. The van der Waals surface area contributed by atoms with E-state index in [-0.39, 0.29) is 11.5 Å². The Labute approximate surface area is 132 Å². The van der Waals surface area contributed by atoms with Gasteiger partial charge in [-0.25, -0.2) is 4.68 Å². The number of amides is 1. The minimum absolute atomic E-state index is 0.157. The van der Waals surface area contributed by atoms with Gasteiger partial charge >= 0.3 is 0 Å². The Balaban J connectivity index is 1.78. The normalized spacial score (nSPS) is 10.3. The third-order valence-corrected chi connectivity index (χ3v) is 3.34. The van der Waals surface area contributed by atoms with Gasteiger partial charge in [0.15, 0.2) is 0 Å². The van der Waals surface area contributed by atoms with Crippen LogP contribution in [0.4, 0.5) is 5.69 Å². The number of pyridine rings is 1. The fourth-order valence-corrected chi connectivity index (χ4v) is 2.09. The van der Waals surface area contributed by atoms with Gasteiger partial charge in [0.25, 0.3) is 11.5 Å². The van der Waals surface area contributed by atoms with Crippen molar-refractivity contribution in [2.75, 3.05) is 5.32 Å². The molecular formula is C17H14N4O2. The molecule has 0 radical (unpaired) electrons. The molecular weight excluding hydrogens is 292 g/mol. The molecule has 3 aromatic rings. The molecule has 0 aliphatic heterocycles. The summed E-state index contributed by atoms with van der Waals surface area (Å²) in [6.45, 7) is 0. The molecule has 0 aliphatic rings. The largest absolute Gasteiger partial charge is 0.322 e. The van der Waals surface area contributed by atoms with Crippen molar-refractivity contribution >= 4 is 11.6 Å². The highest BCUT2D eigenvalue weighted by molar-refractivity contribution is 6.04. The van der Waals surface area contributed by atoms with E-state index in [1.807, 2.05) is 12.1 Å². The Morgan fingerprint density at radius 1 is 1.00 bits per heavy atom. The molecule has 1 aromatic carbocycles. The molecule has 0 saturated carbocycles. The van der Waals surface area contributed by atoms with E-state index in [0.717, 1.165) is 5.56 Å². The summed E-state index contributed by atoms with van der Waals surface area (Å²) in [5, 5.41) is 7.01. The first-order valence-corrected chi connectivity index (χ1v) is 7.00. The number of aromatic nitrogens is 3. The first kappa shape index (κ1) is 14.6. The quantitative estimate of drug-likeness (QED) is 0.804. The Morgan fingerprint density at radius 3 is 2.35 bits per heavy atom. The molecule has 2 heterocycles. The highest BCUT2D eigenvalue weighted by Gasteiger charge is 2.06. The number of rotatable bonds is 3. The van der Waals surface area contributed by atoms with Crippen molar-refractivity contribution in [2.24, 2.45) is 7.05 Å². The van der Waals surface area contributed by atoms with Crippen molar-refractivity contribution in [1.29, 1.82) is 0 Å². The molecule has 0 spiro atoms. The molecule has 0 aliphatic carbocycles. The van der Waals surface area contributed by atoms with Gasteiger partial charge in [-0.05, 0) is 30.3 Å². The van der Waals surface area contributed by atoms with Gasteiger partial charge in [-0.3, -0.25) is 14.6 Å². The summed E-state index contributed by atoms with van der Waals surface area (Å²) >= 11 is 0. The summed E-state index contributed by atoms with van der Waals surface area (Å²) in [7, 11) is 1.61. The smallest absolute Gasteiger partial charge is 0.266 e. The van der Waals surface area contributed by atoms with E-state index in [1.165, 1.54) is 10.7 Å². The van der Waals surface area contributed by atoms with E-state index in [9.17, 15) is 9.59 Å². The van der Waals surface area contributed by atoms with Gasteiger partial charge in [0, 0.05) is 42.3 Å². The maximum absolute atomic E-state index is 12.1. The fraction of sp³-hybridized carbons (Fsp3) is 0.0588. The number of nitrogens with zero attached hydrogens (tertiary/aromatic N) is 3. The number of carbonyl (C=O) groups excluding carboxylic acids is 1. The van der Waals surface area contributed by atoms with Gasteiger partial charge in [-0.15, -0.1) is 0 Å². The van der Waals surface area contributed by atoms with Crippen LogP contribution in [0.2, 0.25) is 0 Å². The maximum Gasteiger partial charge on any atom is 0.266 e. The van der Waals surface area contributed by atoms with E-state index in [4.69, 9.17) is 0 Å². The van der Waals surface area contributed by atoms with Crippen LogP contribution in [0.25, 0.3) is 11.3 Å². The number of nitrogens with one attached hydrogen (secondary N) is 1. The van der Waals surface area contributed by atoms with E-state index >= 15 is 0 Å². The molecule has 0 fully saturated rings. The predicted molar refractivity (Wildman–Crippen MR) is 87.1 cm³/mol. The van der Waals surface area contributed by atoms with Crippen molar-refractivity contribution in [2.45, 2.75) is 0 Å². The molecule has 2 aromatic heterocycles. The van der Waals surface area contributed by atoms with Crippen molar-refractivity contribution in [1.82, 2.24) is 14.8 Å². The molecule has 6 heteroatoms. The highest BCUT2D eigenvalue weighted by Crippen LogP contribution is 2.18. The molecule has 0 unspecified atom stereocenters. The Bertz CT molecular complexity index is 886. The lowest BCUT2D eigenvalue weighted by Crippen LogP contribution is -2.18. The van der Waals surface area contributed by atoms with Crippen LogP contribution >= 0.6 is 0 Å². The van der Waals surface area contributed by atoms with E-state index < -0.39 is 0 Å². The zero-order valence-electron chi connectivity index (χ0n) is 12.4. The van der Waals surface area contributed by atoms with Gasteiger partial charge in [-0.1, -0.05) is 12.1 Å². The summed E-state index contributed by atoms with van der Waals surface area (Å²) < 4.78 is 1.29. The van der Waals surface area contributed by atoms with E-state index in [1.54, 1.807) is 49.8 Å². The van der Waals surface area contributed by atoms with Gasteiger partial charge in [0.05, 0.1) is 5.69 Å². The second kappa shape index (κ2) is 6.23. The molecule has 0 bridgehead atoms. The summed E-state index contributed by atoms with van der Waals surface area (Å²) in [5.74, 6) is -0.194. The Hall–Kier alpha value is -3.28. The van der Waals surface area contributed by atoms with Crippen molar-refractivity contribution < 1.29 is 4.79 Å². The number of hydrogen-bond acceptors (Lipinski definition) is 4. The minimum atomic E-state index is -0.194. The third-order valence-electron chi connectivity index (χ3n) is 3.34. The van der Waals surface area contributed by atoms with Crippen LogP contribution in [0.1, 0.15) is 10.4 Å². The molecule has 0 atom stereocenters. The summed E-state index contributed by atoms with van der Waals surface area (Å²) in [6, 6.07) is 13.7. The van der Waals surface area contributed by atoms with Crippen molar-refractivity contribution in [3.8, 4) is 11.3 Å². The van der Waals surface area contributed by atoms with Crippen LogP contribution in [-0.2, 0) is 7.05 Å². The molecule has 1 N–H and O–H groups in total. The Kier molecular flexibility index (Phi) is 3.97. The first-order chi connectivity index (χ1) is 11.1. The highest BCUT2D eigenvalue weighted by atomic mass is 16.1. The Morgan fingerprint density at radius 2 is 1.70 bits per heavy atom. The molecule has 6 nitrogen and oxygen atoms in total. The summed E-state index contributed by atoms with van der Waals surface area (Å²) in [4.78, 5) is 27.3. The average molecular weight is 306 g/mol. The standard InChI is InChI=1S/C17H14N4O2/c1-21-16(22)7-6-15(20-21)12-2-4-14(5-3-12)19-17(23)13-8-10-18-11-9-13/h2-11H,1H3,(H,19,23). The van der Waals surface area contributed by atoms with Crippen LogP contribution in [0.3, 0.4) is 0 Å². The van der Waals surface area contributed by atoms with E-state index in [2.05, 4.69) is 15.4 Å². The SMILES string of the molecule is Cn1nc(-c2ccc(NC(=O)c3ccncc3)cc2)ccc1=O. The molecule has 23 heavy (non-hydrogen) atoms. The minimum Gasteiger partial charge on any atom is -0.322 e. The average Bonchev–Trinajstić information content (AvgIpc) is 2.59. The van der Waals surface area contributed by atoms with Crippen LogP contribution in [-0.4, -0.2) is 20.7 Å². The molecule has 1 amide bonds. The maximum atomic E-state index is 12.1. The number of carbonyl (C=O) groups is 1. The summed E-state index contributed by atoms with van der Waals surface area (Å²) in [5.41, 5.74) is 2.63. The van der Waals surface area contributed by atoms with Crippen molar-refractivity contribution in [3.63, 3.8) is 0 Å². The van der Waals surface area contributed by atoms with Crippen LogP contribution in [0.5, 0.6) is 0 Å². The lowest BCUT2D eigenvalue weighted by atomic mass is 10.1. The first-order valence-electron chi connectivity index (χ1n) is 7.00.